The number of carbonyl (C=O) groups is 2. The van der Waals surface area contributed by atoms with Gasteiger partial charge in [0.1, 0.15) is 0 Å². The zero-order chi connectivity index (χ0) is 16.3. The molecule has 7 nitrogen and oxygen atoms in total. The zero-order valence-corrected chi connectivity index (χ0v) is 13.7. The van der Waals surface area contributed by atoms with Crippen molar-refractivity contribution in [3.05, 3.63) is 11.7 Å². The summed E-state index contributed by atoms with van der Waals surface area (Å²) in [5.74, 6) is 1.82. The minimum atomic E-state index is -0.200. The first kappa shape index (κ1) is 14.4. The van der Waals surface area contributed by atoms with Crippen LogP contribution in [0.5, 0.6) is 0 Å². The van der Waals surface area contributed by atoms with Crippen molar-refractivity contribution in [2.45, 2.75) is 62.9 Å². The van der Waals surface area contributed by atoms with Crippen LogP contribution in [0.15, 0.2) is 4.52 Å². The van der Waals surface area contributed by atoms with Gasteiger partial charge in [-0.25, -0.2) is 0 Å². The molecule has 24 heavy (non-hydrogen) atoms. The maximum atomic E-state index is 13.0. The Hall–Kier alpha value is -1.92. The van der Waals surface area contributed by atoms with Gasteiger partial charge < -0.3 is 14.3 Å². The molecule has 1 aromatic rings. The van der Waals surface area contributed by atoms with Gasteiger partial charge in [0, 0.05) is 31.5 Å². The molecule has 4 aliphatic rings. The van der Waals surface area contributed by atoms with Gasteiger partial charge >= 0.3 is 0 Å². The third-order valence-corrected chi connectivity index (χ3v) is 5.71. The van der Waals surface area contributed by atoms with Crippen LogP contribution in [0.2, 0.25) is 0 Å². The molecule has 2 aliphatic carbocycles. The van der Waals surface area contributed by atoms with Crippen LogP contribution >= 0.6 is 0 Å². The molecule has 2 amide bonds. The lowest BCUT2D eigenvalue weighted by Crippen LogP contribution is -2.37. The van der Waals surface area contributed by atoms with E-state index in [0.29, 0.717) is 30.7 Å². The Morgan fingerprint density at radius 3 is 2.75 bits per heavy atom. The van der Waals surface area contributed by atoms with Crippen molar-refractivity contribution in [3.8, 4) is 0 Å². The second kappa shape index (κ2) is 5.29. The van der Waals surface area contributed by atoms with Gasteiger partial charge in [-0.2, -0.15) is 4.98 Å². The Balaban J connectivity index is 1.31. The Morgan fingerprint density at radius 1 is 1.17 bits per heavy atom. The number of amides is 2. The molecule has 3 heterocycles. The van der Waals surface area contributed by atoms with Crippen molar-refractivity contribution < 1.29 is 14.1 Å². The smallest absolute Gasteiger partial charge is 0.229 e. The summed E-state index contributed by atoms with van der Waals surface area (Å²) >= 11 is 0. The highest BCUT2D eigenvalue weighted by Crippen LogP contribution is 2.41. The van der Waals surface area contributed by atoms with E-state index in [2.05, 4.69) is 10.1 Å². The standard InChI is InChI=1S/C17H22N4O3/c22-14-8-11(9-21(14)12-5-6-12)17(23)20-7-1-2-13(20)15-18-16(24-19-15)10-3-4-10/h10-13H,1-9H2/t11-,13+/m0/s1. The summed E-state index contributed by atoms with van der Waals surface area (Å²) in [6.07, 6.45) is 6.61. The van der Waals surface area contributed by atoms with E-state index < -0.39 is 0 Å². The molecule has 0 bridgehead atoms. The quantitative estimate of drug-likeness (QED) is 0.838. The highest BCUT2D eigenvalue weighted by atomic mass is 16.5. The molecule has 0 spiro atoms. The number of hydrogen-bond acceptors (Lipinski definition) is 5. The molecule has 4 fully saturated rings. The topological polar surface area (TPSA) is 79.5 Å². The highest BCUT2D eigenvalue weighted by Gasteiger charge is 2.45. The van der Waals surface area contributed by atoms with Crippen LogP contribution in [0.4, 0.5) is 0 Å². The van der Waals surface area contributed by atoms with Crippen LogP contribution in [0.3, 0.4) is 0 Å². The molecule has 128 valence electrons. The van der Waals surface area contributed by atoms with Gasteiger partial charge in [-0.1, -0.05) is 5.16 Å². The van der Waals surface area contributed by atoms with Crippen molar-refractivity contribution in [2.24, 2.45) is 5.92 Å². The summed E-state index contributed by atoms with van der Waals surface area (Å²) in [5.41, 5.74) is 0. The maximum absolute atomic E-state index is 13.0. The monoisotopic (exact) mass is 330 g/mol. The number of carbonyl (C=O) groups excluding carboxylic acids is 2. The first-order chi connectivity index (χ1) is 11.7. The fourth-order valence-electron chi connectivity index (χ4n) is 4.05. The molecule has 0 N–H and O–H groups in total. The Kier molecular flexibility index (Phi) is 3.18. The number of hydrogen-bond donors (Lipinski definition) is 0. The lowest BCUT2D eigenvalue weighted by atomic mass is 10.1. The molecule has 0 radical (unpaired) electrons. The van der Waals surface area contributed by atoms with Crippen molar-refractivity contribution in [2.75, 3.05) is 13.1 Å². The van der Waals surface area contributed by atoms with Crippen LogP contribution in [0.1, 0.15) is 68.6 Å². The summed E-state index contributed by atoms with van der Waals surface area (Å²) in [6, 6.07) is 0.307. The van der Waals surface area contributed by atoms with Gasteiger partial charge in [0.25, 0.3) is 0 Å². The molecule has 2 saturated carbocycles. The predicted octanol–water partition coefficient (Wildman–Crippen LogP) is 1.62. The van der Waals surface area contributed by atoms with Crippen LogP contribution < -0.4 is 0 Å². The first-order valence-electron chi connectivity index (χ1n) is 9.14. The van der Waals surface area contributed by atoms with E-state index in [-0.39, 0.29) is 23.8 Å². The molecule has 1 aromatic heterocycles. The van der Waals surface area contributed by atoms with Gasteiger partial charge in [-0.05, 0) is 38.5 Å². The van der Waals surface area contributed by atoms with Crippen molar-refractivity contribution in [1.82, 2.24) is 19.9 Å². The molecule has 0 aromatic carbocycles. The average Bonchev–Trinajstić information content (AvgIpc) is 3.47. The second-order valence-electron chi connectivity index (χ2n) is 7.63. The largest absolute Gasteiger partial charge is 0.339 e. The van der Waals surface area contributed by atoms with Crippen LogP contribution in [0, 0.1) is 5.92 Å². The SMILES string of the molecule is O=C1C[C@H](C(=O)N2CCC[C@@H]2c2noc(C3CC3)n2)CN1C1CC1. The fourth-order valence-corrected chi connectivity index (χ4v) is 4.05. The Labute approximate surface area is 140 Å². The minimum Gasteiger partial charge on any atom is -0.339 e. The third-order valence-electron chi connectivity index (χ3n) is 5.71. The van der Waals surface area contributed by atoms with E-state index >= 15 is 0 Å². The van der Waals surface area contributed by atoms with Crippen LogP contribution in [-0.4, -0.2) is 50.9 Å². The normalized spacial score (nSPS) is 30.4. The predicted molar refractivity (Wildman–Crippen MR) is 82.8 cm³/mol. The second-order valence-corrected chi connectivity index (χ2v) is 7.63. The van der Waals surface area contributed by atoms with E-state index in [0.717, 1.165) is 51.0 Å². The molecule has 2 atom stereocenters. The van der Waals surface area contributed by atoms with Gasteiger partial charge in [0.05, 0.1) is 12.0 Å². The molecule has 5 rings (SSSR count). The lowest BCUT2D eigenvalue weighted by molar-refractivity contribution is -0.136. The lowest BCUT2D eigenvalue weighted by Gasteiger charge is -2.25. The van der Waals surface area contributed by atoms with Crippen molar-refractivity contribution in [3.63, 3.8) is 0 Å². The first-order valence-corrected chi connectivity index (χ1v) is 9.14. The molecule has 2 aliphatic heterocycles. The summed E-state index contributed by atoms with van der Waals surface area (Å²) in [4.78, 5) is 33.4. The summed E-state index contributed by atoms with van der Waals surface area (Å²) in [6.45, 7) is 1.32. The molecular formula is C17H22N4O3. The van der Waals surface area contributed by atoms with Crippen LogP contribution in [0.25, 0.3) is 0 Å². The number of nitrogens with zero attached hydrogens (tertiary/aromatic N) is 4. The molecule has 7 heteroatoms. The van der Waals surface area contributed by atoms with Gasteiger partial charge in [-0.3, -0.25) is 9.59 Å². The third kappa shape index (κ3) is 2.41. The highest BCUT2D eigenvalue weighted by molar-refractivity contribution is 5.89. The summed E-state index contributed by atoms with van der Waals surface area (Å²) in [7, 11) is 0. The number of likely N-dealkylation sites (tertiary alicyclic amines) is 2. The van der Waals surface area contributed by atoms with E-state index in [1.165, 1.54) is 0 Å². The average molecular weight is 330 g/mol. The van der Waals surface area contributed by atoms with E-state index in [1.54, 1.807) is 0 Å². The molecule has 2 saturated heterocycles. The summed E-state index contributed by atoms with van der Waals surface area (Å²) in [5, 5.41) is 4.13. The van der Waals surface area contributed by atoms with Gasteiger partial charge in [-0.15, -0.1) is 0 Å². The van der Waals surface area contributed by atoms with Gasteiger partial charge in [0.2, 0.25) is 17.7 Å². The molecular weight excluding hydrogens is 308 g/mol. The van der Waals surface area contributed by atoms with Crippen LogP contribution in [-0.2, 0) is 9.59 Å². The molecule has 0 unspecified atom stereocenters. The summed E-state index contributed by atoms with van der Waals surface area (Å²) < 4.78 is 5.37. The number of aromatic nitrogens is 2. The van der Waals surface area contributed by atoms with E-state index in [1.807, 2.05) is 9.80 Å². The van der Waals surface area contributed by atoms with Gasteiger partial charge in [0.15, 0.2) is 5.82 Å². The Bertz CT molecular complexity index is 679. The van der Waals surface area contributed by atoms with Crippen molar-refractivity contribution >= 4 is 11.8 Å². The zero-order valence-electron chi connectivity index (χ0n) is 13.7. The Morgan fingerprint density at radius 2 is 2.00 bits per heavy atom. The number of rotatable bonds is 4. The fraction of sp³-hybridized carbons (Fsp3) is 0.765. The van der Waals surface area contributed by atoms with Crippen molar-refractivity contribution in [1.29, 1.82) is 0 Å². The van der Waals surface area contributed by atoms with E-state index in [4.69, 9.17) is 4.52 Å². The maximum Gasteiger partial charge on any atom is 0.229 e. The minimum absolute atomic E-state index is 0.0844. The van der Waals surface area contributed by atoms with E-state index in [9.17, 15) is 9.59 Å².